The van der Waals surface area contributed by atoms with Crippen molar-refractivity contribution in [3.8, 4) is 0 Å². The minimum absolute atomic E-state index is 0.108. The molecular formula is C9H18N2OS. The minimum atomic E-state index is -0.345. The van der Waals surface area contributed by atoms with Gasteiger partial charge in [0.25, 0.3) is 0 Å². The van der Waals surface area contributed by atoms with E-state index in [0.717, 1.165) is 25.1 Å². The molecule has 1 fully saturated rings. The number of carbonyl (C=O) groups is 1. The molecule has 0 saturated carbocycles. The molecule has 0 unspecified atom stereocenters. The van der Waals surface area contributed by atoms with Crippen LogP contribution in [0.25, 0.3) is 0 Å². The Labute approximate surface area is 84.0 Å². The minimum Gasteiger partial charge on any atom is -0.338 e. The number of rotatable bonds is 3. The molecule has 2 N–H and O–H groups in total. The van der Waals surface area contributed by atoms with Crippen LogP contribution in [0.5, 0.6) is 0 Å². The topological polar surface area (TPSA) is 46.3 Å². The molecule has 0 aliphatic carbocycles. The summed E-state index contributed by atoms with van der Waals surface area (Å²) < 4.78 is 0. The summed E-state index contributed by atoms with van der Waals surface area (Å²) in [5, 5.41) is 0. The van der Waals surface area contributed by atoms with Crippen LogP contribution in [0.3, 0.4) is 0 Å². The summed E-state index contributed by atoms with van der Waals surface area (Å²) in [6, 6.07) is 0.0796. The van der Waals surface area contributed by atoms with Crippen molar-refractivity contribution in [2.24, 2.45) is 5.73 Å². The van der Waals surface area contributed by atoms with Gasteiger partial charge in [0.05, 0.1) is 6.04 Å². The molecule has 1 heterocycles. The van der Waals surface area contributed by atoms with E-state index >= 15 is 0 Å². The third-order valence-corrected chi connectivity index (χ3v) is 3.13. The second kappa shape index (κ2) is 4.86. The van der Waals surface area contributed by atoms with Gasteiger partial charge >= 0.3 is 0 Å². The Morgan fingerprint density at radius 2 is 2.46 bits per heavy atom. The van der Waals surface area contributed by atoms with Gasteiger partial charge in [0.15, 0.2) is 0 Å². The van der Waals surface area contributed by atoms with Gasteiger partial charge in [0.2, 0.25) is 5.91 Å². The molecule has 13 heavy (non-hydrogen) atoms. The SMILES string of the molecule is CSC[C@H]1CCCN1C(=O)[C@H](C)N. The van der Waals surface area contributed by atoms with Crippen molar-refractivity contribution >= 4 is 17.7 Å². The number of nitrogens with two attached hydrogens (primary N) is 1. The van der Waals surface area contributed by atoms with Crippen molar-refractivity contribution in [1.82, 2.24) is 4.90 Å². The first-order valence-corrected chi connectivity index (χ1v) is 6.11. The number of nitrogens with zero attached hydrogens (tertiary/aromatic N) is 1. The summed E-state index contributed by atoms with van der Waals surface area (Å²) in [5.41, 5.74) is 5.58. The van der Waals surface area contributed by atoms with E-state index in [1.54, 1.807) is 18.7 Å². The highest BCUT2D eigenvalue weighted by molar-refractivity contribution is 7.98. The van der Waals surface area contributed by atoms with Crippen molar-refractivity contribution in [3.05, 3.63) is 0 Å². The molecule has 1 rings (SSSR count). The maximum absolute atomic E-state index is 11.6. The van der Waals surface area contributed by atoms with Crippen molar-refractivity contribution in [2.75, 3.05) is 18.6 Å². The molecule has 0 spiro atoms. The van der Waals surface area contributed by atoms with E-state index in [4.69, 9.17) is 5.73 Å². The number of amides is 1. The Bertz CT molecular complexity index is 184. The van der Waals surface area contributed by atoms with E-state index in [2.05, 4.69) is 6.26 Å². The highest BCUT2D eigenvalue weighted by Crippen LogP contribution is 2.20. The van der Waals surface area contributed by atoms with Gasteiger partial charge < -0.3 is 10.6 Å². The second-order valence-corrected chi connectivity index (χ2v) is 4.48. The summed E-state index contributed by atoms with van der Waals surface area (Å²) in [6.45, 7) is 2.66. The number of likely N-dealkylation sites (tertiary alicyclic amines) is 1. The lowest BCUT2D eigenvalue weighted by molar-refractivity contribution is -0.132. The van der Waals surface area contributed by atoms with Gasteiger partial charge in [-0.3, -0.25) is 4.79 Å². The molecule has 1 aliphatic heterocycles. The van der Waals surface area contributed by atoms with E-state index < -0.39 is 0 Å². The van der Waals surface area contributed by atoms with Crippen LogP contribution in [0.15, 0.2) is 0 Å². The third kappa shape index (κ3) is 2.61. The van der Waals surface area contributed by atoms with Crippen LogP contribution < -0.4 is 5.73 Å². The molecule has 0 aromatic carbocycles. The zero-order valence-corrected chi connectivity index (χ0v) is 9.14. The van der Waals surface area contributed by atoms with Crippen LogP contribution in [0.1, 0.15) is 19.8 Å². The van der Waals surface area contributed by atoms with Crippen LogP contribution in [0.4, 0.5) is 0 Å². The van der Waals surface area contributed by atoms with E-state index in [9.17, 15) is 4.79 Å². The van der Waals surface area contributed by atoms with Gasteiger partial charge in [0.1, 0.15) is 0 Å². The first-order chi connectivity index (χ1) is 6.16. The summed E-state index contributed by atoms with van der Waals surface area (Å²) in [4.78, 5) is 13.6. The van der Waals surface area contributed by atoms with Gasteiger partial charge in [0, 0.05) is 18.3 Å². The molecule has 3 nitrogen and oxygen atoms in total. The number of hydrogen-bond donors (Lipinski definition) is 1. The van der Waals surface area contributed by atoms with Gasteiger partial charge in [-0.05, 0) is 26.0 Å². The summed E-state index contributed by atoms with van der Waals surface area (Å²) in [6.07, 6.45) is 4.34. The Balaban J connectivity index is 2.52. The maximum Gasteiger partial charge on any atom is 0.239 e. The Morgan fingerprint density at radius 1 is 1.77 bits per heavy atom. The smallest absolute Gasteiger partial charge is 0.239 e. The van der Waals surface area contributed by atoms with Gasteiger partial charge in [-0.2, -0.15) is 11.8 Å². The van der Waals surface area contributed by atoms with Crippen molar-refractivity contribution in [2.45, 2.75) is 31.8 Å². The van der Waals surface area contributed by atoms with Crippen LogP contribution in [0, 0.1) is 0 Å². The Kier molecular flexibility index (Phi) is 4.06. The van der Waals surface area contributed by atoms with Crippen LogP contribution >= 0.6 is 11.8 Å². The van der Waals surface area contributed by atoms with Crippen molar-refractivity contribution in [3.63, 3.8) is 0 Å². The largest absolute Gasteiger partial charge is 0.338 e. The molecule has 1 aliphatic rings. The molecule has 0 radical (unpaired) electrons. The summed E-state index contributed by atoms with van der Waals surface area (Å²) in [5.74, 6) is 1.15. The van der Waals surface area contributed by atoms with Crippen molar-refractivity contribution in [1.29, 1.82) is 0 Å². The fourth-order valence-corrected chi connectivity index (χ4v) is 2.48. The monoisotopic (exact) mass is 202 g/mol. The number of hydrogen-bond acceptors (Lipinski definition) is 3. The highest BCUT2D eigenvalue weighted by Gasteiger charge is 2.29. The van der Waals surface area contributed by atoms with E-state index in [0.29, 0.717) is 6.04 Å². The average molecular weight is 202 g/mol. The Morgan fingerprint density at radius 3 is 3.00 bits per heavy atom. The quantitative estimate of drug-likeness (QED) is 0.732. The zero-order valence-electron chi connectivity index (χ0n) is 8.32. The Hall–Kier alpha value is -0.220. The predicted octanol–water partition coefficient (Wildman–Crippen LogP) is 0.688. The maximum atomic E-state index is 11.6. The molecule has 1 amide bonds. The molecular weight excluding hydrogens is 184 g/mol. The van der Waals surface area contributed by atoms with Gasteiger partial charge in [-0.15, -0.1) is 0 Å². The number of thioether (sulfide) groups is 1. The molecule has 76 valence electrons. The first-order valence-electron chi connectivity index (χ1n) is 4.71. The molecule has 4 heteroatoms. The van der Waals surface area contributed by atoms with Crippen LogP contribution in [-0.4, -0.2) is 41.4 Å². The number of carbonyl (C=O) groups excluding carboxylic acids is 1. The van der Waals surface area contributed by atoms with Gasteiger partial charge in [-0.1, -0.05) is 0 Å². The van der Waals surface area contributed by atoms with Crippen molar-refractivity contribution < 1.29 is 4.79 Å². The standard InChI is InChI=1S/C9H18N2OS/c1-7(10)9(12)11-5-3-4-8(11)6-13-2/h7-8H,3-6,10H2,1-2H3/t7-,8+/m0/s1. The fourth-order valence-electron chi connectivity index (χ4n) is 1.75. The van der Waals surface area contributed by atoms with Gasteiger partial charge in [-0.25, -0.2) is 0 Å². The highest BCUT2D eigenvalue weighted by atomic mass is 32.2. The van der Waals surface area contributed by atoms with Crippen LogP contribution in [0.2, 0.25) is 0 Å². The lowest BCUT2D eigenvalue weighted by atomic mass is 10.2. The molecule has 2 atom stereocenters. The molecule has 0 aromatic rings. The van der Waals surface area contributed by atoms with Crippen LogP contribution in [-0.2, 0) is 4.79 Å². The zero-order chi connectivity index (χ0) is 9.84. The lowest BCUT2D eigenvalue weighted by Crippen LogP contribution is -2.45. The molecule has 0 aromatic heterocycles. The lowest BCUT2D eigenvalue weighted by Gasteiger charge is -2.25. The van der Waals surface area contributed by atoms with E-state index in [1.807, 2.05) is 4.90 Å². The molecule has 1 saturated heterocycles. The van der Waals surface area contributed by atoms with E-state index in [-0.39, 0.29) is 11.9 Å². The predicted molar refractivity (Wildman–Crippen MR) is 56.8 cm³/mol. The average Bonchev–Trinajstić information content (AvgIpc) is 2.52. The van der Waals surface area contributed by atoms with E-state index in [1.165, 1.54) is 0 Å². The fraction of sp³-hybridized carbons (Fsp3) is 0.889. The third-order valence-electron chi connectivity index (χ3n) is 2.41. The summed E-state index contributed by atoms with van der Waals surface area (Å²) >= 11 is 1.80. The normalized spacial score (nSPS) is 24.8. The second-order valence-electron chi connectivity index (χ2n) is 3.57. The first kappa shape index (κ1) is 10.9. The summed E-state index contributed by atoms with van der Waals surface area (Å²) in [7, 11) is 0. The molecule has 0 bridgehead atoms.